The van der Waals surface area contributed by atoms with Crippen LogP contribution in [0.1, 0.15) is 31.7 Å². The molecule has 1 saturated carbocycles. The van der Waals surface area contributed by atoms with Crippen LogP contribution in [0.15, 0.2) is 12.1 Å². The fraction of sp³-hybridized carbons (Fsp3) is 0.462. The van der Waals surface area contributed by atoms with E-state index in [1.807, 2.05) is 6.07 Å². The third kappa shape index (κ3) is 1.47. The fourth-order valence-corrected chi connectivity index (χ4v) is 3.11. The Morgan fingerprint density at radius 2 is 2.12 bits per heavy atom. The van der Waals surface area contributed by atoms with Crippen LogP contribution >= 0.6 is 12.2 Å². The van der Waals surface area contributed by atoms with Gasteiger partial charge in [0.2, 0.25) is 0 Å². The monoisotopic (exact) mass is 250 g/mol. The smallest absolute Gasteiger partial charge is 0.178 e. The van der Waals surface area contributed by atoms with Crippen LogP contribution < -0.4 is 0 Å². The van der Waals surface area contributed by atoms with Gasteiger partial charge in [-0.2, -0.15) is 0 Å². The van der Waals surface area contributed by atoms with Crippen LogP contribution in [0.3, 0.4) is 0 Å². The molecular formula is C13H15FN2S. The summed E-state index contributed by atoms with van der Waals surface area (Å²) < 4.78 is 16.4. The van der Waals surface area contributed by atoms with Gasteiger partial charge in [0.1, 0.15) is 5.82 Å². The number of aromatic nitrogens is 2. The lowest BCUT2D eigenvalue weighted by Gasteiger charge is -2.40. The van der Waals surface area contributed by atoms with Crippen molar-refractivity contribution in [2.24, 2.45) is 0 Å². The quantitative estimate of drug-likeness (QED) is 0.757. The van der Waals surface area contributed by atoms with E-state index in [1.165, 1.54) is 6.42 Å². The number of aryl methyl sites for hydroxylation is 1. The number of benzene rings is 1. The van der Waals surface area contributed by atoms with Crippen molar-refractivity contribution in [1.29, 1.82) is 0 Å². The fourth-order valence-electron chi connectivity index (χ4n) is 2.68. The number of H-pyrrole nitrogens is 1. The highest BCUT2D eigenvalue weighted by Gasteiger charge is 2.35. The Balaban J connectivity index is 2.34. The maximum atomic E-state index is 13.5. The second-order valence-corrected chi connectivity index (χ2v) is 5.62. The minimum absolute atomic E-state index is 0.111. The zero-order valence-electron chi connectivity index (χ0n) is 10.0. The van der Waals surface area contributed by atoms with E-state index in [4.69, 9.17) is 12.2 Å². The van der Waals surface area contributed by atoms with Crippen molar-refractivity contribution in [1.82, 2.24) is 9.55 Å². The van der Waals surface area contributed by atoms with Gasteiger partial charge in [-0.05, 0) is 63.0 Å². The second kappa shape index (κ2) is 3.42. The summed E-state index contributed by atoms with van der Waals surface area (Å²) in [7, 11) is 0. The molecule has 3 rings (SSSR count). The number of halogens is 1. The van der Waals surface area contributed by atoms with E-state index in [1.54, 1.807) is 13.0 Å². The van der Waals surface area contributed by atoms with Gasteiger partial charge in [-0.15, -0.1) is 0 Å². The molecule has 0 saturated heterocycles. The highest BCUT2D eigenvalue weighted by Crippen LogP contribution is 2.41. The first-order chi connectivity index (χ1) is 8.01. The Kier molecular flexibility index (Phi) is 2.20. The molecule has 4 heteroatoms. The summed E-state index contributed by atoms with van der Waals surface area (Å²) in [5, 5.41) is 0. The molecule has 1 aliphatic rings. The van der Waals surface area contributed by atoms with Gasteiger partial charge in [-0.3, -0.25) is 0 Å². The van der Waals surface area contributed by atoms with Gasteiger partial charge in [0.05, 0.1) is 11.0 Å². The SMILES string of the molecule is Cc1cc2c(cc1F)[nH]c(=S)n2C1(C)CCC1. The standard InChI is InChI=1S/C13H15FN2S/c1-8-6-11-10(7-9(8)14)15-12(17)16(11)13(2)4-3-5-13/h6-7H,3-5H2,1-2H3,(H,15,17). The molecule has 0 aliphatic heterocycles. The molecule has 1 aliphatic carbocycles. The molecule has 0 unspecified atom stereocenters. The predicted molar refractivity (Wildman–Crippen MR) is 69.3 cm³/mol. The molecule has 1 aromatic carbocycles. The molecule has 1 fully saturated rings. The van der Waals surface area contributed by atoms with Crippen molar-refractivity contribution in [2.75, 3.05) is 0 Å². The van der Waals surface area contributed by atoms with E-state index >= 15 is 0 Å². The average Bonchev–Trinajstić information content (AvgIpc) is 2.52. The molecule has 0 spiro atoms. The highest BCUT2D eigenvalue weighted by molar-refractivity contribution is 7.71. The van der Waals surface area contributed by atoms with Crippen LogP contribution in [0.25, 0.3) is 11.0 Å². The summed E-state index contributed by atoms with van der Waals surface area (Å²) in [5.74, 6) is -0.181. The summed E-state index contributed by atoms with van der Waals surface area (Å²) >= 11 is 5.37. The molecule has 0 amide bonds. The molecule has 1 N–H and O–H groups in total. The lowest BCUT2D eigenvalue weighted by molar-refractivity contribution is 0.172. The highest BCUT2D eigenvalue weighted by atomic mass is 32.1. The maximum absolute atomic E-state index is 13.5. The third-order valence-corrected chi connectivity index (χ3v) is 4.22. The molecule has 1 aromatic heterocycles. The maximum Gasteiger partial charge on any atom is 0.178 e. The van der Waals surface area contributed by atoms with Crippen LogP contribution in [-0.4, -0.2) is 9.55 Å². The third-order valence-electron chi connectivity index (χ3n) is 3.93. The van der Waals surface area contributed by atoms with Gasteiger partial charge in [0.25, 0.3) is 0 Å². The normalized spacial score (nSPS) is 18.3. The molecule has 1 heterocycles. The Morgan fingerprint density at radius 1 is 1.41 bits per heavy atom. The van der Waals surface area contributed by atoms with Crippen molar-refractivity contribution < 1.29 is 4.39 Å². The minimum Gasteiger partial charge on any atom is -0.330 e. The van der Waals surface area contributed by atoms with Gasteiger partial charge in [-0.25, -0.2) is 4.39 Å². The van der Waals surface area contributed by atoms with Crippen LogP contribution in [0.5, 0.6) is 0 Å². The molecule has 2 nitrogen and oxygen atoms in total. The van der Waals surface area contributed by atoms with Crippen LogP contribution in [0.4, 0.5) is 4.39 Å². The Hall–Kier alpha value is -1.16. The summed E-state index contributed by atoms with van der Waals surface area (Å²) in [5.41, 5.74) is 2.60. The zero-order valence-corrected chi connectivity index (χ0v) is 10.8. The van der Waals surface area contributed by atoms with E-state index in [0.717, 1.165) is 23.9 Å². The summed E-state index contributed by atoms with van der Waals surface area (Å²) in [4.78, 5) is 3.11. The number of hydrogen-bond acceptors (Lipinski definition) is 1. The van der Waals surface area contributed by atoms with Gasteiger partial charge in [0.15, 0.2) is 4.77 Å². The molecule has 2 aromatic rings. The van der Waals surface area contributed by atoms with Crippen molar-refractivity contribution in [3.8, 4) is 0 Å². The largest absolute Gasteiger partial charge is 0.330 e. The van der Waals surface area contributed by atoms with Crippen molar-refractivity contribution in [2.45, 2.75) is 38.6 Å². The van der Waals surface area contributed by atoms with Crippen LogP contribution in [0.2, 0.25) is 0 Å². The topological polar surface area (TPSA) is 20.7 Å². The van der Waals surface area contributed by atoms with E-state index in [0.29, 0.717) is 10.3 Å². The number of hydrogen-bond donors (Lipinski definition) is 1. The van der Waals surface area contributed by atoms with Gasteiger partial charge in [-0.1, -0.05) is 0 Å². The summed E-state index contributed by atoms with van der Waals surface area (Å²) in [6.45, 7) is 4.01. The van der Waals surface area contributed by atoms with E-state index in [2.05, 4.69) is 16.5 Å². The van der Waals surface area contributed by atoms with E-state index in [9.17, 15) is 4.39 Å². The number of aromatic amines is 1. The van der Waals surface area contributed by atoms with Crippen LogP contribution in [0, 0.1) is 17.5 Å². The Morgan fingerprint density at radius 3 is 2.71 bits per heavy atom. The lowest BCUT2D eigenvalue weighted by atomic mass is 9.78. The summed E-state index contributed by atoms with van der Waals surface area (Å²) in [6, 6.07) is 3.43. The molecule has 90 valence electrons. The first-order valence-electron chi connectivity index (χ1n) is 5.93. The van der Waals surface area contributed by atoms with Gasteiger partial charge >= 0.3 is 0 Å². The van der Waals surface area contributed by atoms with Gasteiger partial charge in [0, 0.05) is 5.54 Å². The second-order valence-electron chi connectivity index (χ2n) is 5.23. The first kappa shape index (κ1) is 11.0. The number of rotatable bonds is 1. The van der Waals surface area contributed by atoms with E-state index < -0.39 is 0 Å². The minimum atomic E-state index is -0.181. The van der Waals surface area contributed by atoms with Crippen LogP contribution in [-0.2, 0) is 5.54 Å². The number of imidazole rings is 1. The Labute approximate surface area is 104 Å². The molecular weight excluding hydrogens is 235 g/mol. The number of nitrogens with one attached hydrogen (secondary N) is 1. The molecule has 0 bridgehead atoms. The molecule has 0 radical (unpaired) electrons. The number of fused-ring (bicyclic) bond motifs is 1. The van der Waals surface area contributed by atoms with Crippen molar-refractivity contribution >= 4 is 23.3 Å². The van der Waals surface area contributed by atoms with Crippen molar-refractivity contribution in [3.63, 3.8) is 0 Å². The zero-order chi connectivity index (χ0) is 12.2. The number of nitrogens with zero attached hydrogens (tertiary/aromatic N) is 1. The van der Waals surface area contributed by atoms with Gasteiger partial charge < -0.3 is 9.55 Å². The lowest BCUT2D eigenvalue weighted by Crippen LogP contribution is -2.37. The average molecular weight is 250 g/mol. The Bertz CT molecular complexity index is 649. The van der Waals surface area contributed by atoms with E-state index in [-0.39, 0.29) is 11.4 Å². The van der Waals surface area contributed by atoms with Crippen molar-refractivity contribution in [3.05, 3.63) is 28.3 Å². The first-order valence-corrected chi connectivity index (χ1v) is 6.33. The predicted octanol–water partition coefficient (Wildman–Crippen LogP) is 4.05. The summed E-state index contributed by atoms with van der Waals surface area (Å²) in [6.07, 6.45) is 3.53. The molecule has 17 heavy (non-hydrogen) atoms. The molecule has 0 atom stereocenters.